The molecule has 4 rings (SSSR count). The van der Waals surface area contributed by atoms with Crippen LogP contribution in [-0.2, 0) is 11.0 Å². The summed E-state index contributed by atoms with van der Waals surface area (Å²) in [5.41, 5.74) is 1.95. The molecule has 0 radical (unpaired) electrons. The van der Waals surface area contributed by atoms with E-state index in [4.69, 9.17) is 0 Å². The van der Waals surface area contributed by atoms with Crippen LogP contribution in [-0.4, -0.2) is 5.91 Å². The van der Waals surface area contributed by atoms with Crippen LogP contribution in [0.3, 0.4) is 0 Å². The van der Waals surface area contributed by atoms with Crippen LogP contribution in [0.1, 0.15) is 5.56 Å². The molecule has 0 heterocycles. The summed E-state index contributed by atoms with van der Waals surface area (Å²) in [6, 6.07) is 40.3. The van der Waals surface area contributed by atoms with Crippen LogP contribution >= 0.6 is 7.26 Å². The molecule has 0 aliphatic heterocycles. The first-order valence-electron chi connectivity index (χ1n) is 10.3. The number of nitrogens with one attached hydrogen (secondary N) is 1. The maximum absolute atomic E-state index is 12.1. The van der Waals surface area contributed by atoms with Crippen LogP contribution in [0.5, 0.6) is 0 Å². The van der Waals surface area contributed by atoms with Gasteiger partial charge in [-0.05, 0) is 48.5 Å². The largest absolute Gasteiger partial charge is 0.322 e. The molecule has 0 unspecified atom stereocenters. The third-order valence-electron chi connectivity index (χ3n) is 5.46. The van der Waals surface area contributed by atoms with Crippen molar-refractivity contribution >= 4 is 34.8 Å². The highest BCUT2D eigenvalue weighted by molar-refractivity contribution is 7.95. The number of anilines is 1. The number of para-hydroxylation sites is 1. The number of benzene rings is 4. The quantitative estimate of drug-likeness (QED) is 0.318. The first-order valence-corrected chi connectivity index (χ1v) is 12.3. The van der Waals surface area contributed by atoms with Crippen molar-refractivity contribution < 1.29 is 4.79 Å². The first kappa shape index (κ1) is 20.8. The normalized spacial score (nSPS) is 11.0. The van der Waals surface area contributed by atoms with Crippen LogP contribution in [0.4, 0.5) is 5.69 Å². The minimum absolute atomic E-state index is 0.199. The van der Waals surface area contributed by atoms with Gasteiger partial charge in [-0.15, -0.1) is 0 Å². The number of rotatable bonds is 7. The molecular weight excluding hydrogens is 397 g/mol. The fourth-order valence-electron chi connectivity index (χ4n) is 3.99. The third-order valence-corrected chi connectivity index (χ3v) is 9.81. The van der Waals surface area contributed by atoms with Crippen LogP contribution in [0, 0.1) is 0 Å². The second-order valence-corrected chi connectivity index (χ2v) is 10.8. The zero-order valence-corrected chi connectivity index (χ0v) is 18.2. The van der Waals surface area contributed by atoms with E-state index in [1.54, 1.807) is 0 Å². The average molecular weight is 422 g/mol. The highest BCUT2D eigenvalue weighted by Gasteiger charge is 2.45. The molecule has 152 valence electrons. The smallest absolute Gasteiger partial charge is 0.247 e. The molecule has 0 saturated heterocycles. The topological polar surface area (TPSA) is 29.1 Å². The van der Waals surface area contributed by atoms with Crippen molar-refractivity contribution in [2.75, 3.05) is 5.32 Å². The fourth-order valence-corrected chi connectivity index (χ4v) is 8.26. The van der Waals surface area contributed by atoms with Gasteiger partial charge in [-0.2, -0.15) is 0 Å². The van der Waals surface area contributed by atoms with Gasteiger partial charge in [0.2, 0.25) is 5.91 Å². The molecule has 31 heavy (non-hydrogen) atoms. The number of hydrogen-bond donors (Lipinski definition) is 1. The summed E-state index contributed by atoms with van der Waals surface area (Å²) < 4.78 is 0. The van der Waals surface area contributed by atoms with Crippen LogP contribution in [0.25, 0.3) is 0 Å². The predicted molar refractivity (Wildman–Crippen MR) is 134 cm³/mol. The Morgan fingerprint density at radius 2 is 1.10 bits per heavy atom. The first-order chi connectivity index (χ1) is 15.2. The Labute approximate surface area is 184 Å². The zero-order chi connectivity index (χ0) is 21.5. The molecule has 3 heteroatoms. The van der Waals surface area contributed by atoms with E-state index in [2.05, 4.69) is 109 Å². The molecule has 0 aliphatic rings. The fraction of sp³-hybridized carbons (Fsp3) is 0.0357. The minimum Gasteiger partial charge on any atom is -0.322 e. The highest BCUT2D eigenvalue weighted by atomic mass is 31.2. The van der Waals surface area contributed by atoms with Crippen molar-refractivity contribution in [2.45, 2.75) is 6.16 Å². The van der Waals surface area contributed by atoms with Gasteiger partial charge in [0.25, 0.3) is 0 Å². The maximum Gasteiger partial charge on any atom is 0.247 e. The van der Waals surface area contributed by atoms with E-state index in [0.29, 0.717) is 0 Å². The van der Waals surface area contributed by atoms with Crippen LogP contribution in [0.15, 0.2) is 128 Å². The standard InChI is InChI=1S/C28H24NOP/c1-2-28(30)29-27-21-13-12-14-23(27)22-31(24-15-6-3-7-16-24,25-17-8-4-9-18-25)26-19-10-5-11-20-26/h2-21H,1,22H2/p+1. The SMILES string of the molecule is C=CC(=O)Nc1ccccc1C[P+](c1ccccc1)(c1ccccc1)c1ccccc1. The number of carbonyl (C=O) groups is 1. The molecule has 0 fully saturated rings. The maximum atomic E-state index is 12.1. The van der Waals surface area contributed by atoms with Crippen molar-refractivity contribution in [3.8, 4) is 0 Å². The molecule has 0 saturated carbocycles. The van der Waals surface area contributed by atoms with E-state index in [-0.39, 0.29) is 5.91 Å². The van der Waals surface area contributed by atoms with Gasteiger partial charge in [0.1, 0.15) is 29.3 Å². The monoisotopic (exact) mass is 422 g/mol. The molecule has 2 nitrogen and oxygen atoms in total. The Kier molecular flexibility index (Phi) is 6.40. The van der Waals surface area contributed by atoms with Gasteiger partial charge in [-0.3, -0.25) is 4.79 Å². The number of carbonyl (C=O) groups excluding carboxylic acids is 1. The summed E-state index contributed by atoms with van der Waals surface area (Å²) >= 11 is 0. The summed E-state index contributed by atoms with van der Waals surface area (Å²) in [4.78, 5) is 12.1. The zero-order valence-electron chi connectivity index (χ0n) is 17.3. The Balaban J connectivity index is 1.96. The molecular formula is C28H25NOP+. The Bertz CT molecular complexity index is 1060. The van der Waals surface area contributed by atoms with Gasteiger partial charge in [0, 0.05) is 11.3 Å². The van der Waals surface area contributed by atoms with Crippen molar-refractivity contribution in [2.24, 2.45) is 0 Å². The number of amides is 1. The Hall–Kier alpha value is -3.48. The number of hydrogen-bond acceptors (Lipinski definition) is 1. The average Bonchev–Trinajstić information content (AvgIpc) is 2.85. The van der Waals surface area contributed by atoms with Gasteiger partial charge in [-0.1, -0.05) is 79.4 Å². The van der Waals surface area contributed by atoms with Crippen LogP contribution in [0.2, 0.25) is 0 Å². The van der Waals surface area contributed by atoms with E-state index in [9.17, 15) is 4.79 Å². The van der Waals surface area contributed by atoms with Gasteiger partial charge in [0.15, 0.2) is 0 Å². The summed E-state index contributed by atoms with van der Waals surface area (Å²) in [6.45, 7) is 3.60. The second kappa shape index (κ2) is 9.55. The Morgan fingerprint density at radius 1 is 0.677 bits per heavy atom. The molecule has 0 aromatic heterocycles. The lowest BCUT2D eigenvalue weighted by atomic mass is 10.2. The van der Waals surface area contributed by atoms with E-state index < -0.39 is 7.26 Å². The molecule has 0 bridgehead atoms. The van der Waals surface area contributed by atoms with E-state index in [0.717, 1.165) is 17.4 Å². The Morgan fingerprint density at radius 3 is 1.55 bits per heavy atom. The van der Waals surface area contributed by atoms with Crippen molar-refractivity contribution in [1.29, 1.82) is 0 Å². The molecule has 1 N–H and O–H groups in total. The molecule has 4 aromatic carbocycles. The van der Waals surface area contributed by atoms with E-state index in [1.165, 1.54) is 22.0 Å². The lowest BCUT2D eigenvalue weighted by Crippen LogP contribution is -2.32. The van der Waals surface area contributed by atoms with Crippen molar-refractivity contribution in [3.05, 3.63) is 133 Å². The summed E-state index contributed by atoms with van der Waals surface area (Å²) in [5, 5.41) is 6.95. The van der Waals surface area contributed by atoms with E-state index in [1.807, 2.05) is 18.2 Å². The van der Waals surface area contributed by atoms with Gasteiger partial charge < -0.3 is 5.32 Å². The lowest BCUT2D eigenvalue weighted by molar-refractivity contribution is -0.111. The lowest BCUT2D eigenvalue weighted by Gasteiger charge is -2.28. The summed E-state index contributed by atoms with van der Waals surface area (Å²) in [5.74, 6) is -0.199. The summed E-state index contributed by atoms with van der Waals surface area (Å²) in [7, 11) is -2.03. The third kappa shape index (κ3) is 4.35. The van der Waals surface area contributed by atoms with Gasteiger partial charge >= 0.3 is 0 Å². The van der Waals surface area contributed by atoms with Gasteiger partial charge in [0.05, 0.1) is 0 Å². The second-order valence-electron chi connectivity index (χ2n) is 7.33. The summed E-state index contributed by atoms with van der Waals surface area (Å²) in [6.07, 6.45) is 2.11. The van der Waals surface area contributed by atoms with Crippen molar-refractivity contribution in [1.82, 2.24) is 0 Å². The minimum atomic E-state index is -2.03. The molecule has 1 amide bonds. The van der Waals surface area contributed by atoms with Crippen LogP contribution < -0.4 is 21.2 Å². The predicted octanol–water partition coefficient (Wildman–Crippen LogP) is 5.31. The van der Waals surface area contributed by atoms with Gasteiger partial charge in [-0.25, -0.2) is 0 Å². The van der Waals surface area contributed by atoms with Crippen molar-refractivity contribution in [3.63, 3.8) is 0 Å². The molecule has 0 spiro atoms. The highest BCUT2D eigenvalue weighted by Crippen LogP contribution is 2.58. The molecule has 0 aliphatic carbocycles. The molecule has 0 atom stereocenters. The van der Waals surface area contributed by atoms with E-state index >= 15 is 0 Å². The molecule has 4 aromatic rings.